The van der Waals surface area contributed by atoms with Crippen LogP contribution in [0.4, 0.5) is 0 Å². The molecular formula is C23H29ClN2O2S. The van der Waals surface area contributed by atoms with Gasteiger partial charge < -0.3 is 10.2 Å². The van der Waals surface area contributed by atoms with E-state index in [2.05, 4.69) is 5.32 Å². The van der Waals surface area contributed by atoms with Crippen LogP contribution in [-0.2, 0) is 16.1 Å². The number of aryl methyl sites for hydroxylation is 1. The van der Waals surface area contributed by atoms with Gasteiger partial charge >= 0.3 is 0 Å². The maximum absolute atomic E-state index is 13.0. The van der Waals surface area contributed by atoms with E-state index >= 15 is 0 Å². The largest absolute Gasteiger partial charge is 0.355 e. The zero-order valence-corrected chi connectivity index (χ0v) is 18.9. The van der Waals surface area contributed by atoms with Crippen LogP contribution in [0.25, 0.3) is 0 Å². The molecule has 156 valence electrons. The normalized spacial score (nSPS) is 11.7. The smallest absolute Gasteiger partial charge is 0.242 e. The summed E-state index contributed by atoms with van der Waals surface area (Å²) in [7, 11) is 0. The third-order valence-corrected chi connectivity index (χ3v) is 6.09. The van der Waals surface area contributed by atoms with Crippen molar-refractivity contribution < 1.29 is 9.59 Å². The van der Waals surface area contributed by atoms with Gasteiger partial charge in [-0.2, -0.15) is 0 Å². The third-order valence-electron chi connectivity index (χ3n) is 4.74. The maximum atomic E-state index is 13.0. The number of carbonyl (C=O) groups is 2. The standard InChI is InChI=1S/C23H29ClN2O2S/c1-4-25-23(28)18(3)26(16-19-9-6-5-8-17(19)2)22(27)10-7-15-29-21-13-11-20(24)12-14-21/h5-6,8-9,11-14,18H,4,7,10,15-16H2,1-3H3,(H,25,28)/t18-/m0/s1. The fraction of sp³-hybridized carbons (Fsp3) is 0.391. The average Bonchev–Trinajstić information content (AvgIpc) is 2.71. The molecule has 2 aromatic rings. The zero-order chi connectivity index (χ0) is 21.2. The molecule has 2 amide bonds. The van der Waals surface area contributed by atoms with Gasteiger partial charge in [0.1, 0.15) is 6.04 Å². The Labute approximate surface area is 183 Å². The first kappa shape index (κ1) is 23.3. The van der Waals surface area contributed by atoms with Crippen LogP contribution in [0, 0.1) is 6.92 Å². The molecule has 0 heterocycles. The third kappa shape index (κ3) is 7.41. The van der Waals surface area contributed by atoms with Crippen molar-refractivity contribution in [1.82, 2.24) is 10.2 Å². The summed E-state index contributed by atoms with van der Waals surface area (Å²) in [5.41, 5.74) is 2.18. The Morgan fingerprint density at radius 2 is 1.83 bits per heavy atom. The molecule has 0 aliphatic rings. The molecule has 0 fully saturated rings. The Hall–Kier alpha value is -1.98. The van der Waals surface area contributed by atoms with Crippen LogP contribution in [0.1, 0.15) is 37.8 Å². The number of amides is 2. The summed E-state index contributed by atoms with van der Waals surface area (Å²) < 4.78 is 0. The highest BCUT2D eigenvalue weighted by atomic mass is 35.5. The molecule has 1 N–H and O–H groups in total. The number of thioether (sulfide) groups is 1. The minimum absolute atomic E-state index is 0.00344. The van der Waals surface area contributed by atoms with Gasteiger partial charge in [0.15, 0.2) is 0 Å². The molecule has 0 aromatic heterocycles. The maximum Gasteiger partial charge on any atom is 0.242 e. The molecule has 4 nitrogen and oxygen atoms in total. The van der Waals surface area contributed by atoms with Crippen molar-refractivity contribution in [2.75, 3.05) is 12.3 Å². The highest BCUT2D eigenvalue weighted by Crippen LogP contribution is 2.22. The summed E-state index contributed by atoms with van der Waals surface area (Å²) in [5, 5.41) is 3.54. The Bertz CT molecular complexity index is 811. The quantitative estimate of drug-likeness (QED) is 0.421. The van der Waals surface area contributed by atoms with Crippen LogP contribution in [0.2, 0.25) is 5.02 Å². The Morgan fingerprint density at radius 1 is 1.14 bits per heavy atom. The molecule has 0 aliphatic heterocycles. The molecule has 0 saturated carbocycles. The number of nitrogens with zero attached hydrogens (tertiary/aromatic N) is 1. The van der Waals surface area contributed by atoms with Gasteiger partial charge in [0.2, 0.25) is 11.8 Å². The predicted molar refractivity (Wildman–Crippen MR) is 121 cm³/mol. The van der Waals surface area contributed by atoms with Crippen molar-refractivity contribution in [3.05, 3.63) is 64.7 Å². The molecule has 2 aromatic carbocycles. The second-order valence-corrected chi connectivity index (χ2v) is 8.53. The van der Waals surface area contributed by atoms with Crippen molar-refractivity contribution in [3.63, 3.8) is 0 Å². The van der Waals surface area contributed by atoms with Crippen LogP contribution < -0.4 is 5.32 Å². The first-order valence-electron chi connectivity index (χ1n) is 9.92. The summed E-state index contributed by atoms with van der Waals surface area (Å²) in [4.78, 5) is 28.2. The summed E-state index contributed by atoms with van der Waals surface area (Å²) >= 11 is 7.62. The molecule has 0 aliphatic carbocycles. The number of benzene rings is 2. The number of hydrogen-bond donors (Lipinski definition) is 1. The lowest BCUT2D eigenvalue weighted by Crippen LogP contribution is -2.47. The number of rotatable bonds is 10. The van der Waals surface area contributed by atoms with Crippen LogP contribution in [0.5, 0.6) is 0 Å². The van der Waals surface area contributed by atoms with E-state index in [1.807, 2.05) is 62.4 Å². The second kappa shape index (κ2) is 11.9. The first-order valence-corrected chi connectivity index (χ1v) is 11.3. The Kier molecular flexibility index (Phi) is 9.55. The molecule has 0 radical (unpaired) electrons. The lowest BCUT2D eigenvalue weighted by Gasteiger charge is -2.29. The Morgan fingerprint density at radius 3 is 2.48 bits per heavy atom. The number of hydrogen-bond acceptors (Lipinski definition) is 3. The van der Waals surface area contributed by atoms with Crippen LogP contribution >= 0.6 is 23.4 Å². The number of halogens is 1. The minimum atomic E-state index is -0.508. The summed E-state index contributed by atoms with van der Waals surface area (Å²) in [6.45, 7) is 6.69. The highest BCUT2D eigenvalue weighted by molar-refractivity contribution is 7.99. The monoisotopic (exact) mass is 432 g/mol. The van der Waals surface area contributed by atoms with Crippen LogP contribution in [-0.4, -0.2) is 35.1 Å². The summed E-state index contributed by atoms with van der Waals surface area (Å²) in [6.07, 6.45) is 1.16. The fourth-order valence-corrected chi connectivity index (χ4v) is 3.94. The summed E-state index contributed by atoms with van der Waals surface area (Å²) in [6, 6.07) is 15.2. The Balaban J connectivity index is 1.98. The van der Waals surface area contributed by atoms with E-state index in [1.54, 1.807) is 23.6 Å². The van der Waals surface area contributed by atoms with Crippen molar-refractivity contribution >= 4 is 35.2 Å². The van der Waals surface area contributed by atoms with Crippen molar-refractivity contribution in [2.24, 2.45) is 0 Å². The van der Waals surface area contributed by atoms with E-state index < -0.39 is 6.04 Å². The van der Waals surface area contributed by atoms with Gasteiger partial charge in [0, 0.05) is 29.4 Å². The lowest BCUT2D eigenvalue weighted by molar-refractivity contribution is -0.140. The van der Waals surface area contributed by atoms with E-state index in [1.165, 1.54) is 0 Å². The number of carbonyl (C=O) groups excluding carboxylic acids is 2. The second-order valence-electron chi connectivity index (χ2n) is 6.92. The predicted octanol–water partition coefficient (Wildman–Crippen LogP) is 5.07. The number of nitrogens with one attached hydrogen (secondary N) is 1. The van der Waals surface area contributed by atoms with Crippen molar-refractivity contribution in [3.8, 4) is 0 Å². The molecule has 0 saturated heterocycles. The molecule has 1 atom stereocenters. The molecule has 29 heavy (non-hydrogen) atoms. The van der Waals surface area contributed by atoms with E-state index in [4.69, 9.17) is 11.6 Å². The van der Waals surface area contributed by atoms with Gasteiger partial charge in [0.05, 0.1) is 0 Å². The summed E-state index contributed by atoms with van der Waals surface area (Å²) in [5.74, 6) is 0.717. The van der Waals surface area contributed by atoms with Crippen LogP contribution in [0.15, 0.2) is 53.4 Å². The van der Waals surface area contributed by atoms with E-state index in [0.717, 1.165) is 33.2 Å². The van der Waals surface area contributed by atoms with E-state index in [9.17, 15) is 9.59 Å². The first-order chi connectivity index (χ1) is 13.9. The van der Waals surface area contributed by atoms with Gasteiger partial charge in [-0.1, -0.05) is 35.9 Å². The van der Waals surface area contributed by atoms with Gasteiger partial charge in [-0.25, -0.2) is 0 Å². The zero-order valence-electron chi connectivity index (χ0n) is 17.3. The van der Waals surface area contributed by atoms with Crippen molar-refractivity contribution in [1.29, 1.82) is 0 Å². The SMILES string of the molecule is CCNC(=O)[C@H](C)N(Cc1ccccc1C)C(=O)CCCSc1ccc(Cl)cc1. The van der Waals surface area contributed by atoms with E-state index in [-0.39, 0.29) is 11.8 Å². The lowest BCUT2D eigenvalue weighted by atomic mass is 10.1. The highest BCUT2D eigenvalue weighted by Gasteiger charge is 2.25. The van der Waals surface area contributed by atoms with Gasteiger partial charge in [-0.05, 0) is 68.3 Å². The topological polar surface area (TPSA) is 49.4 Å². The molecule has 6 heteroatoms. The van der Waals surface area contributed by atoms with Gasteiger partial charge in [-0.3, -0.25) is 9.59 Å². The average molecular weight is 433 g/mol. The molecule has 0 spiro atoms. The number of likely N-dealkylation sites (N-methyl/N-ethyl adjacent to an activating group) is 1. The molecular weight excluding hydrogens is 404 g/mol. The van der Waals surface area contributed by atoms with Gasteiger partial charge in [0.25, 0.3) is 0 Å². The van der Waals surface area contributed by atoms with Gasteiger partial charge in [-0.15, -0.1) is 11.8 Å². The van der Waals surface area contributed by atoms with Crippen molar-refractivity contribution in [2.45, 2.75) is 51.1 Å². The molecule has 2 rings (SSSR count). The fourth-order valence-electron chi connectivity index (χ4n) is 2.96. The van der Waals surface area contributed by atoms with E-state index in [0.29, 0.717) is 19.5 Å². The molecule has 0 bridgehead atoms. The minimum Gasteiger partial charge on any atom is -0.355 e. The molecule has 0 unspecified atom stereocenters. The van der Waals surface area contributed by atoms with Crippen LogP contribution in [0.3, 0.4) is 0 Å².